The second-order valence-corrected chi connectivity index (χ2v) is 7.73. The number of likely N-dealkylation sites (tertiary alicyclic amines) is 1. The molecule has 24 heavy (non-hydrogen) atoms. The topological polar surface area (TPSA) is 67.6 Å². The molecule has 2 fully saturated rings. The SMILES string of the molecule is Cc1csc(CN2C[C@@H]3COC[C@]3(CNC(=O)c3ccco3)C2)n1. The highest BCUT2D eigenvalue weighted by Gasteiger charge is 2.50. The highest BCUT2D eigenvalue weighted by atomic mass is 32.1. The van der Waals surface area contributed by atoms with E-state index in [0.29, 0.717) is 24.8 Å². The van der Waals surface area contributed by atoms with E-state index in [1.54, 1.807) is 23.5 Å². The van der Waals surface area contributed by atoms with Crippen LogP contribution < -0.4 is 5.32 Å². The van der Waals surface area contributed by atoms with Gasteiger partial charge < -0.3 is 14.5 Å². The van der Waals surface area contributed by atoms with E-state index < -0.39 is 0 Å². The summed E-state index contributed by atoms with van der Waals surface area (Å²) in [7, 11) is 0. The summed E-state index contributed by atoms with van der Waals surface area (Å²) < 4.78 is 10.9. The van der Waals surface area contributed by atoms with Crippen LogP contribution in [0, 0.1) is 18.3 Å². The number of ether oxygens (including phenoxy) is 1. The van der Waals surface area contributed by atoms with Crippen molar-refractivity contribution in [2.45, 2.75) is 13.5 Å². The molecule has 2 aromatic heterocycles. The van der Waals surface area contributed by atoms with Gasteiger partial charge in [0, 0.05) is 42.0 Å². The number of hydrogen-bond donors (Lipinski definition) is 1. The zero-order valence-electron chi connectivity index (χ0n) is 13.7. The maximum atomic E-state index is 12.2. The predicted molar refractivity (Wildman–Crippen MR) is 89.9 cm³/mol. The minimum Gasteiger partial charge on any atom is -0.459 e. The Bertz CT molecular complexity index is 714. The summed E-state index contributed by atoms with van der Waals surface area (Å²) in [6.07, 6.45) is 1.52. The number of carbonyl (C=O) groups is 1. The third-order valence-electron chi connectivity index (χ3n) is 4.96. The Hall–Kier alpha value is -1.70. The van der Waals surface area contributed by atoms with Crippen LogP contribution in [0.5, 0.6) is 0 Å². The maximum Gasteiger partial charge on any atom is 0.286 e. The lowest BCUT2D eigenvalue weighted by atomic mass is 9.81. The lowest BCUT2D eigenvalue weighted by Crippen LogP contribution is -2.43. The molecule has 2 aliphatic heterocycles. The van der Waals surface area contributed by atoms with Gasteiger partial charge in [-0.05, 0) is 19.1 Å². The standard InChI is InChI=1S/C17H21N3O3S/c1-12-8-24-15(19-12)6-20-5-13-7-22-11-17(13,10-20)9-18-16(21)14-3-2-4-23-14/h2-4,8,13H,5-7,9-11H2,1H3,(H,18,21)/t13-,17+/m1/s1. The summed E-state index contributed by atoms with van der Waals surface area (Å²) in [5.74, 6) is 0.652. The molecule has 2 saturated heterocycles. The fraction of sp³-hybridized carbons (Fsp3) is 0.529. The van der Waals surface area contributed by atoms with Gasteiger partial charge in [-0.2, -0.15) is 0 Å². The fourth-order valence-corrected chi connectivity index (χ4v) is 4.54. The van der Waals surface area contributed by atoms with Gasteiger partial charge in [-0.15, -0.1) is 11.3 Å². The quantitative estimate of drug-likeness (QED) is 0.895. The van der Waals surface area contributed by atoms with E-state index in [0.717, 1.165) is 36.9 Å². The number of thiazole rings is 1. The second-order valence-electron chi connectivity index (χ2n) is 6.79. The van der Waals surface area contributed by atoms with Crippen molar-refractivity contribution in [3.05, 3.63) is 40.2 Å². The van der Waals surface area contributed by atoms with Crippen LogP contribution in [0.25, 0.3) is 0 Å². The third-order valence-corrected chi connectivity index (χ3v) is 5.91. The van der Waals surface area contributed by atoms with E-state index in [9.17, 15) is 4.79 Å². The summed E-state index contributed by atoms with van der Waals surface area (Å²) in [6, 6.07) is 3.41. The number of hydrogen-bond acceptors (Lipinski definition) is 6. The lowest BCUT2D eigenvalue weighted by molar-refractivity contribution is 0.0878. The number of nitrogens with zero attached hydrogens (tertiary/aromatic N) is 2. The fourth-order valence-electron chi connectivity index (χ4n) is 3.73. The van der Waals surface area contributed by atoms with Crippen LogP contribution in [0.1, 0.15) is 21.3 Å². The van der Waals surface area contributed by atoms with E-state index >= 15 is 0 Å². The summed E-state index contributed by atoms with van der Waals surface area (Å²) in [5.41, 5.74) is 1.08. The number of nitrogens with one attached hydrogen (secondary N) is 1. The van der Waals surface area contributed by atoms with Gasteiger partial charge in [0.05, 0.1) is 26.0 Å². The Balaban J connectivity index is 1.40. The molecule has 7 heteroatoms. The molecule has 0 unspecified atom stereocenters. The molecule has 2 aliphatic rings. The lowest BCUT2D eigenvalue weighted by Gasteiger charge is -2.27. The number of furan rings is 1. The molecule has 1 N–H and O–H groups in total. The minimum absolute atomic E-state index is 0.00540. The van der Waals surface area contributed by atoms with Gasteiger partial charge >= 0.3 is 0 Å². The summed E-state index contributed by atoms with van der Waals surface area (Å²) >= 11 is 1.71. The summed E-state index contributed by atoms with van der Waals surface area (Å²) in [5, 5.41) is 6.27. The Morgan fingerprint density at radius 1 is 1.58 bits per heavy atom. The molecule has 6 nitrogen and oxygen atoms in total. The first-order valence-electron chi connectivity index (χ1n) is 8.17. The molecule has 2 atom stereocenters. The van der Waals surface area contributed by atoms with E-state index in [1.165, 1.54) is 6.26 Å². The van der Waals surface area contributed by atoms with Gasteiger partial charge in [-0.3, -0.25) is 9.69 Å². The highest BCUT2D eigenvalue weighted by molar-refractivity contribution is 7.09. The average molecular weight is 347 g/mol. The molecule has 0 aliphatic carbocycles. The number of rotatable bonds is 5. The largest absolute Gasteiger partial charge is 0.459 e. The van der Waals surface area contributed by atoms with Gasteiger partial charge in [0.2, 0.25) is 0 Å². The normalized spacial score (nSPS) is 26.6. The minimum atomic E-state index is -0.158. The van der Waals surface area contributed by atoms with Crippen LogP contribution >= 0.6 is 11.3 Å². The summed E-state index contributed by atoms with van der Waals surface area (Å²) in [4.78, 5) is 19.2. The van der Waals surface area contributed by atoms with Crippen molar-refractivity contribution in [2.24, 2.45) is 11.3 Å². The van der Waals surface area contributed by atoms with Crippen LogP contribution in [0.4, 0.5) is 0 Å². The van der Waals surface area contributed by atoms with Gasteiger partial charge in [0.1, 0.15) is 5.01 Å². The van der Waals surface area contributed by atoms with E-state index in [4.69, 9.17) is 9.15 Å². The first kappa shape index (κ1) is 15.8. The summed E-state index contributed by atoms with van der Waals surface area (Å²) in [6.45, 7) is 6.91. The van der Waals surface area contributed by atoms with Crippen molar-refractivity contribution in [3.8, 4) is 0 Å². The van der Waals surface area contributed by atoms with Crippen molar-refractivity contribution < 1.29 is 13.9 Å². The van der Waals surface area contributed by atoms with Gasteiger partial charge in [0.15, 0.2) is 5.76 Å². The Labute approximate surface area is 144 Å². The monoisotopic (exact) mass is 347 g/mol. The van der Waals surface area contributed by atoms with Gasteiger partial charge in [-0.1, -0.05) is 0 Å². The molecule has 0 saturated carbocycles. The predicted octanol–water partition coefficient (Wildman–Crippen LogP) is 1.92. The van der Waals surface area contributed by atoms with Crippen molar-refractivity contribution in [1.29, 1.82) is 0 Å². The molecule has 0 radical (unpaired) electrons. The molecule has 128 valence electrons. The van der Waals surface area contributed by atoms with Crippen molar-refractivity contribution in [2.75, 3.05) is 32.8 Å². The maximum absolute atomic E-state index is 12.2. The molecule has 1 amide bonds. The smallest absolute Gasteiger partial charge is 0.286 e. The molecule has 4 heterocycles. The molecule has 0 aromatic carbocycles. The number of aromatic nitrogens is 1. The zero-order chi connectivity index (χ0) is 16.6. The molecule has 4 rings (SSSR count). The Morgan fingerprint density at radius 3 is 3.25 bits per heavy atom. The first-order chi connectivity index (χ1) is 11.6. The van der Waals surface area contributed by atoms with Crippen LogP contribution in [-0.4, -0.2) is 48.6 Å². The van der Waals surface area contributed by atoms with Crippen molar-refractivity contribution in [3.63, 3.8) is 0 Å². The third kappa shape index (κ3) is 2.99. The average Bonchev–Trinajstić information content (AvgIpc) is 3.29. The molecule has 0 bridgehead atoms. The molecule has 2 aromatic rings. The van der Waals surface area contributed by atoms with Crippen molar-refractivity contribution in [1.82, 2.24) is 15.2 Å². The van der Waals surface area contributed by atoms with Crippen LogP contribution in [0.15, 0.2) is 28.2 Å². The highest BCUT2D eigenvalue weighted by Crippen LogP contribution is 2.41. The molecule has 0 spiro atoms. The number of amides is 1. The molecular formula is C17H21N3O3S. The van der Waals surface area contributed by atoms with Crippen LogP contribution in [0.3, 0.4) is 0 Å². The van der Waals surface area contributed by atoms with Gasteiger partial charge in [-0.25, -0.2) is 4.98 Å². The van der Waals surface area contributed by atoms with Gasteiger partial charge in [0.25, 0.3) is 5.91 Å². The Morgan fingerprint density at radius 2 is 2.50 bits per heavy atom. The van der Waals surface area contributed by atoms with E-state index in [2.05, 4.69) is 20.6 Å². The van der Waals surface area contributed by atoms with Crippen LogP contribution in [-0.2, 0) is 11.3 Å². The van der Waals surface area contributed by atoms with Crippen LogP contribution in [0.2, 0.25) is 0 Å². The zero-order valence-corrected chi connectivity index (χ0v) is 14.5. The number of fused-ring (bicyclic) bond motifs is 1. The number of aryl methyl sites for hydroxylation is 1. The van der Waals surface area contributed by atoms with E-state index in [-0.39, 0.29) is 11.3 Å². The first-order valence-corrected chi connectivity index (χ1v) is 9.05. The van der Waals surface area contributed by atoms with Crippen molar-refractivity contribution >= 4 is 17.2 Å². The second kappa shape index (κ2) is 6.31. The number of carbonyl (C=O) groups excluding carboxylic acids is 1. The molecular weight excluding hydrogens is 326 g/mol. The van der Waals surface area contributed by atoms with E-state index in [1.807, 2.05) is 6.92 Å². The Kier molecular flexibility index (Phi) is 4.15.